The maximum Gasteiger partial charge on any atom is 0.0630 e. The summed E-state index contributed by atoms with van der Waals surface area (Å²) in [5, 5.41) is 3.20. The van der Waals surface area contributed by atoms with E-state index in [1.165, 1.54) is 5.56 Å². The number of benzene rings is 1. The Kier molecular flexibility index (Phi) is 6.73. The van der Waals surface area contributed by atoms with Crippen LogP contribution < -0.4 is 5.32 Å². The van der Waals surface area contributed by atoms with E-state index in [4.69, 9.17) is 4.74 Å². The molecule has 0 aliphatic heterocycles. The average molecular weight is 301 g/mol. The third-order valence-electron chi connectivity index (χ3n) is 2.74. The number of halogens is 1. The highest BCUT2D eigenvalue weighted by Crippen LogP contribution is 2.13. The molecule has 0 spiro atoms. The summed E-state index contributed by atoms with van der Waals surface area (Å²) in [6.07, 6.45) is 0. The van der Waals surface area contributed by atoms with Gasteiger partial charge in [-0.3, -0.25) is 4.90 Å². The number of hydrogen-bond donors (Lipinski definition) is 1. The van der Waals surface area contributed by atoms with Crippen LogP contribution in [0.25, 0.3) is 0 Å². The van der Waals surface area contributed by atoms with E-state index in [0.29, 0.717) is 6.04 Å². The lowest BCUT2D eigenvalue weighted by molar-refractivity contribution is 0.102. The molecule has 4 heteroatoms. The van der Waals surface area contributed by atoms with Crippen molar-refractivity contribution in [1.29, 1.82) is 0 Å². The molecule has 1 unspecified atom stereocenters. The minimum Gasteiger partial charge on any atom is -0.383 e. The summed E-state index contributed by atoms with van der Waals surface area (Å²) >= 11 is 3.50. The molecule has 1 atom stereocenters. The van der Waals surface area contributed by atoms with Gasteiger partial charge in [0.05, 0.1) is 6.61 Å². The highest BCUT2D eigenvalue weighted by atomic mass is 79.9. The summed E-state index contributed by atoms with van der Waals surface area (Å²) in [4.78, 5) is 2.31. The Morgan fingerprint density at radius 3 is 2.82 bits per heavy atom. The van der Waals surface area contributed by atoms with Gasteiger partial charge in [0.15, 0.2) is 0 Å². The first-order valence-electron chi connectivity index (χ1n) is 5.75. The van der Waals surface area contributed by atoms with Crippen LogP contribution in [0.3, 0.4) is 0 Å². The van der Waals surface area contributed by atoms with Crippen molar-refractivity contribution in [1.82, 2.24) is 10.2 Å². The number of methoxy groups -OCH3 is 1. The molecular formula is C13H21BrN2O. The molecule has 0 aliphatic rings. The van der Waals surface area contributed by atoms with Crippen LogP contribution in [-0.2, 0) is 11.3 Å². The first-order chi connectivity index (χ1) is 8.17. The Balaban J connectivity index is 2.59. The molecule has 1 aromatic carbocycles. The minimum absolute atomic E-state index is 0.393. The largest absolute Gasteiger partial charge is 0.383 e. The van der Waals surface area contributed by atoms with Gasteiger partial charge in [0.2, 0.25) is 0 Å². The molecule has 1 aromatic rings. The van der Waals surface area contributed by atoms with Crippen molar-refractivity contribution in [3.8, 4) is 0 Å². The van der Waals surface area contributed by atoms with Gasteiger partial charge >= 0.3 is 0 Å². The molecule has 0 heterocycles. The SMILES string of the molecule is CNCC(COC)N(C)Cc1cccc(Br)c1. The van der Waals surface area contributed by atoms with Gasteiger partial charge in [0.25, 0.3) is 0 Å². The van der Waals surface area contributed by atoms with Crippen LogP contribution in [0.5, 0.6) is 0 Å². The fourth-order valence-electron chi connectivity index (χ4n) is 1.82. The second-order valence-electron chi connectivity index (χ2n) is 4.21. The first kappa shape index (κ1) is 14.6. The van der Waals surface area contributed by atoms with Gasteiger partial charge in [0.1, 0.15) is 0 Å². The fraction of sp³-hybridized carbons (Fsp3) is 0.538. The van der Waals surface area contributed by atoms with Gasteiger partial charge in [-0.05, 0) is 31.8 Å². The fourth-order valence-corrected chi connectivity index (χ4v) is 2.27. The molecular weight excluding hydrogens is 280 g/mol. The Morgan fingerprint density at radius 1 is 1.47 bits per heavy atom. The van der Waals surface area contributed by atoms with Crippen molar-refractivity contribution in [2.75, 3.05) is 34.4 Å². The molecule has 3 nitrogen and oxygen atoms in total. The molecule has 17 heavy (non-hydrogen) atoms. The maximum atomic E-state index is 5.25. The van der Waals surface area contributed by atoms with E-state index in [-0.39, 0.29) is 0 Å². The van der Waals surface area contributed by atoms with Gasteiger partial charge in [-0.2, -0.15) is 0 Å². The lowest BCUT2D eigenvalue weighted by Crippen LogP contribution is -2.41. The van der Waals surface area contributed by atoms with Crippen molar-refractivity contribution in [2.24, 2.45) is 0 Å². The molecule has 0 saturated carbocycles. The van der Waals surface area contributed by atoms with E-state index in [0.717, 1.165) is 24.2 Å². The summed E-state index contributed by atoms with van der Waals surface area (Å²) in [6, 6.07) is 8.80. The number of nitrogens with zero attached hydrogens (tertiary/aromatic N) is 1. The van der Waals surface area contributed by atoms with E-state index in [9.17, 15) is 0 Å². The molecule has 0 amide bonds. The van der Waals surface area contributed by atoms with Crippen molar-refractivity contribution in [3.63, 3.8) is 0 Å². The van der Waals surface area contributed by atoms with Crippen LogP contribution in [0, 0.1) is 0 Å². The standard InChI is InChI=1S/C13H21BrN2O/c1-15-8-13(10-17-3)16(2)9-11-5-4-6-12(14)7-11/h4-7,13,15H,8-10H2,1-3H3. The topological polar surface area (TPSA) is 24.5 Å². The van der Waals surface area contributed by atoms with Gasteiger partial charge < -0.3 is 10.1 Å². The highest BCUT2D eigenvalue weighted by Gasteiger charge is 2.13. The highest BCUT2D eigenvalue weighted by molar-refractivity contribution is 9.10. The van der Waals surface area contributed by atoms with Crippen LogP contribution >= 0.6 is 15.9 Å². The molecule has 0 saturated heterocycles. The Morgan fingerprint density at radius 2 is 2.24 bits per heavy atom. The summed E-state index contributed by atoms with van der Waals surface area (Å²) in [5.74, 6) is 0. The van der Waals surface area contributed by atoms with Crippen LogP contribution in [0.15, 0.2) is 28.7 Å². The second-order valence-corrected chi connectivity index (χ2v) is 5.13. The number of hydrogen-bond acceptors (Lipinski definition) is 3. The quantitative estimate of drug-likeness (QED) is 0.835. The smallest absolute Gasteiger partial charge is 0.0630 e. The Bertz CT molecular complexity index is 327. The molecule has 0 fully saturated rings. The maximum absolute atomic E-state index is 5.25. The number of nitrogens with one attached hydrogen (secondary N) is 1. The second kappa shape index (κ2) is 7.82. The van der Waals surface area contributed by atoms with Crippen LogP contribution in [0.4, 0.5) is 0 Å². The van der Waals surface area contributed by atoms with Crippen molar-refractivity contribution in [2.45, 2.75) is 12.6 Å². The predicted octanol–water partition coefficient (Wildman–Crippen LogP) is 2.12. The molecule has 0 bridgehead atoms. The third-order valence-corrected chi connectivity index (χ3v) is 3.24. The number of likely N-dealkylation sites (N-methyl/N-ethyl adjacent to an activating group) is 2. The van der Waals surface area contributed by atoms with E-state index in [1.54, 1.807) is 7.11 Å². The summed E-state index contributed by atoms with van der Waals surface area (Å²) in [5.41, 5.74) is 1.30. The van der Waals surface area contributed by atoms with E-state index < -0.39 is 0 Å². The molecule has 1 N–H and O–H groups in total. The molecule has 0 aliphatic carbocycles. The lowest BCUT2D eigenvalue weighted by atomic mass is 10.2. The van der Waals surface area contributed by atoms with Crippen LogP contribution in [0.1, 0.15) is 5.56 Å². The van der Waals surface area contributed by atoms with Crippen LogP contribution in [0.2, 0.25) is 0 Å². The normalized spacial score (nSPS) is 13.0. The first-order valence-corrected chi connectivity index (χ1v) is 6.55. The Labute approximate surface area is 112 Å². The third kappa shape index (κ3) is 5.17. The van der Waals surface area contributed by atoms with Gasteiger partial charge in [-0.15, -0.1) is 0 Å². The van der Waals surface area contributed by atoms with Gasteiger partial charge in [-0.1, -0.05) is 28.1 Å². The monoisotopic (exact) mass is 300 g/mol. The van der Waals surface area contributed by atoms with E-state index in [1.807, 2.05) is 13.1 Å². The van der Waals surface area contributed by atoms with E-state index in [2.05, 4.69) is 51.4 Å². The molecule has 96 valence electrons. The van der Waals surface area contributed by atoms with E-state index >= 15 is 0 Å². The summed E-state index contributed by atoms with van der Waals surface area (Å²) in [7, 11) is 5.84. The van der Waals surface area contributed by atoms with Crippen molar-refractivity contribution in [3.05, 3.63) is 34.3 Å². The number of ether oxygens (including phenoxy) is 1. The summed E-state index contributed by atoms with van der Waals surface area (Å²) in [6.45, 7) is 2.60. The summed E-state index contributed by atoms with van der Waals surface area (Å²) < 4.78 is 6.37. The van der Waals surface area contributed by atoms with Gasteiger partial charge in [0, 0.05) is 30.7 Å². The van der Waals surface area contributed by atoms with Gasteiger partial charge in [-0.25, -0.2) is 0 Å². The van der Waals surface area contributed by atoms with Crippen molar-refractivity contribution >= 4 is 15.9 Å². The molecule has 1 rings (SSSR count). The zero-order valence-electron chi connectivity index (χ0n) is 10.7. The zero-order chi connectivity index (χ0) is 12.7. The zero-order valence-corrected chi connectivity index (χ0v) is 12.3. The van der Waals surface area contributed by atoms with Crippen LogP contribution in [-0.4, -0.2) is 45.3 Å². The Hall–Kier alpha value is -0.420. The molecule has 0 aromatic heterocycles. The van der Waals surface area contributed by atoms with Crippen molar-refractivity contribution < 1.29 is 4.74 Å². The lowest BCUT2D eigenvalue weighted by Gasteiger charge is -2.27. The molecule has 0 radical (unpaired) electrons. The average Bonchev–Trinajstić information content (AvgIpc) is 2.28. The number of rotatable bonds is 7. The predicted molar refractivity (Wildman–Crippen MR) is 75.2 cm³/mol. The minimum atomic E-state index is 0.393.